The molecule has 0 saturated heterocycles. The first-order valence-corrected chi connectivity index (χ1v) is 10.1. The van der Waals surface area contributed by atoms with Gasteiger partial charge in [-0.15, -0.1) is 5.10 Å². The Hall–Kier alpha value is -1.53. The number of anilines is 1. The highest BCUT2D eigenvalue weighted by molar-refractivity contribution is 7.99. The average Bonchev–Trinajstić information content (AvgIpc) is 3.25. The lowest BCUT2D eigenvalue weighted by molar-refractivity contribution is -0.113. The largest absolute Gasteiger partial charge is 0.324 e. The summed E-state index contributed by atoms with van der Waals surface area (Å²) in [5, 5.41) is 11.2. The third-order valence-electron chi connectivity index (χ3n) is 4.51. The maximum Gasteiger partial charge on any atom is 0.234 e. The Bertz CT molecular complexity index is 728. The van der Waals surface area contributed by atoms with E-state index < -0.39 is 0 Å². The van der Waals surface area contributed by atoms with E-state index in [2.05, 4.69) is 20.5 Å². The smallest absolute Gasteiger partial charge is 0.234 e. The third kappa shape index (κ3) is 5.47. The molecular weight excluding hydrogens is 356 g/mol. The Morgan fingerprint density at radius 2 is 2.20 bits per heavy atom. The highest BCUT2D eigenvalue weighted by Gasteiger charge is 2.16. The molecule has 0 radical (unpaired) electrons. The number of aromatic nitrogens is 3. The van der Waals surface area contributed by atoms with Crippen molar-refractivity contribution in [2.45, 2.75) is 50.6 Å². The van der Waals surface area contributed by atoms with E-state index in [0.29, 0.717) is 15.9 Å². The summed E-state index contributed by atoms with van der Waals surface area (Å²) in [4.78, 5) is 16.5. The lowest BCUT2D eigenvalue weighted by atomic mass is 10.0. The number of H-pyrrole nitrogens is 1. The van der Waals surface area contributed by atoms with Crippen LogP contribution in [0, 0.1) is 12.8 Å². The van der Waals surface area contributed by atoms with Gasteiger partial charge in [-0.1, -0.05) is 55.1 Å². The molecule has 0 unspecified atom stereocenters. The summed E-state index contributed by atoms with van der Waals surface area (Å²) in [5.41, 5.74) is 1.69. The van der Waals surface area contributed by atoms with Crippen molar-refractivity contribution < 1.29 is 4.79 Å². The number of carbonyl (C=O) groups excluding carboxylic acids is 1. The van der Waals surface area contributed by atoms with Gasteiger partial charge in [0, 0.05) is 6.42 Å². The normalized spacial score (nSPS) is 14.8. The minimum atomic E-state index is -0.118. The second-order valence-corrected chi connectivity index (χ2v) is 7.92. The maximum absolute atomic E-state index is 12.1. The number of nitrogens with one attached hydrogen (secondary N) is 2. The van der Waals surface area contributed by atoms with Crippen LogP contribution in [0.3, 0.4) is 0 Å². The van der Waals surface area contributed by atoms with Crippen molar-refractivity contribution in [3.05, 3.63) is 34.6 Å². The number of benzene rings is 1. The van der Waals surface area contributed by atoms with Gasteiger partial charge in [-0.25, -0.2) is 4.98 Å². The van der Waals surface area contributed by atoms with Gasteiger partial charge < -0.3 is 5.32 Å². The SMILES string of the molecule is Cc1ccc(NC(=O)CSc2n[nH]c(CCC3CCCC3)n2)c(Cl)c1. The standard InChI is InChI=1S/C18H23ClN4OS/c1-12-6-8-15(14(19)10-12)20-17(24)11-25-18-21-16(22-23-18)9-7-13-4-2-3-5-13/h6,8,10,13H,2-5,7,9,11H2,1H3,(H,20,24)(H,21,22,23). The number of amides is 1. The van der Waals surface area contributed by atoms with Crippen molar-refractivity contribution in [3.8, 4) is 0 Å². The molecule has 3 rings (SSSR count). The summed E-state index contributed by atoms with van der Waals surface area (Å²) < 4.78 is 0. The molecule has 0 bridgehead atoms. The van der Waals surface area contributed by atoms with Crippen molar-refractivity contribution in [1.82, 2.24) is 15.2 Å². The Balaban J connectivity index is 1.44. The first-order chi connectivity index (χ1) is 12.1. The predicted octanol–water partition coefficient (Wildman–Crippen LogP) is 4.62. The second kappa shape index (κ2) is 8.72. The minimum absolute atomic E-state index is 0.118. The van der Waals surface area contributed by atoms with Crippen molar-refractivity contribution in [1.29, 1.82) is 0 Å². The first kappa shape index (κ1) is 18.3. The summed E-state index contributed by atoms with van der Waals surface area (Å²) in [7, 11) is 0. The average molecular weight is 379 g/mol. The van der Waals surface area contributed by atoms with Crippen LogP contribution in [0.1, 0.15) is 43.5 Å². The lowest BCUT2D eigenvalue weighted by Crippen LogP contribution is -2.14. The second-order valence-electron chi connectivity index (χ2n) is 6.57. The molecule has 0 spiro atoms. The molecule has 1 fully saturated rings. The Morgan fingerprint density at radius 1 is 1.40 bits per heavy atom. The molecule has 7 heteroatoms. The Kier molecular flexibility index (Phi) is 6.37. The zero-order valence-electron chi connectivity index (χ0n) is 14.3. The number of aryl methyl sites for hydroxylation is 2. The van der Waals surface area contributed by atoms with Crippen LogP contribution in [0.4, 0.5) is 5.69 Å². The maximum atomic E-state index is 12.1. The van der Waals surface area contributed by atoms with E-state index >= 15 is 0 Å². The van der Waals surface area contributed by atoms with Crippen LogP contribution in [0.15, 0.2) is 23.4 Å². The van der Waals surface area contributed by atoms with Gasteiger partial charge in [0.25, 0.3) is 0 Å². The van der Waals surface area contributed by atoms with Crippen LogP contribution in [0.5, 0.6) is 0 Å². The highest BCUT2D eigenvalue weighted by Crippen LogP contribution is 2.28. The molecule has 1 aromatic carbocycles. The van der Waals surface area contributed by atoms with Gasteiger partial charge >= 0.3 is 0 Å². The first-order valence-electron chi connectivity index (χ1n) is 8.70. The molecule has 2 N–H and O–H groups in total. The number of hydrogen-bond donors (Lipinski definition) is 2. The summed E-state index contributed by atoms with van der Waals surface area (Å²) in [6.07, 6.45) is 7.52. The number of halogens is 1. The monoisotopic (exact) mass is 378 g/mol. The molecule has 1 heterocycles. The van der Waals surface area contributed by atoms with E-state index in [4.69, 9.17) is 11.6 Å². The molecular formula is C18H23ClN4OS. The lowest BCUT2D eigenvalue weighted by Gasteiger charge is -2.07. The topological polar surface area (TPSA) is 70.7 Å². The van der Waals surface area contributed by atoms with Crippen LogP contribution in [0.2, 0.25) is 5.02 Å². The quantitative estimate of drug-likeness (QED) is 0.689. The summed E-state index contributed by atoms with van der Waals surface area (Å²) in [6.45, 7) is 1.96. The predicted molar refractivity (Wildman–Crippen MR) is 102 cm³/mol. The molecule has 134 valence electrons. The fourth-order valence-electron chi connectivity index (χ4n) is 3.13. The Labute approximate surface area is 157 Å². The molecule has 0 atom stereocenters. The fraction of sp³-hybridized carbons (Fsp3) is 0.500. The van der Waals surface area contributed by atoms with Crippen molar-refractivity contribution in [2.24, 2.45) is 5.92 Å². The van der Waals surface area contributed by atoms with E-state index in [1.807, 2.05) is 25.1 Å². The third-order valence-corrected chi connectivity index (χ3v) is 5.67. The van der Waals surface area contributed by atoms with Gasteiger partial charge in [-0.05, 0) is 37.0 Å². The van der Waals surface area contributed by atoms with E-state index in [1.165, 1.54) is 43.9 Å². The van der Waals surface area contributed by atoms with E-state index in [9.17, 15) is 4.79 Å². The summed E-state index contributed by atoms with van der Waals surface area (Å²) >= 11 is 7.46. The summed E-state index contributed by atoms with van der Waals surface area (Å²) in [6, 6.07) is 5.56. The van der Waals surface area contributed by atoms with E-state index in [0.717, 1.165) is 23.7 Å². The molecule has 1 aliphatic rings. The van der Waals surface area contributed by atoms with Gasteiger partial charge in [0.05, 0.1) is 16.5 Å². The molecule has 1 aromatic heterocycles. The van der Waals surface area contributed by atoms with Crippen molar-refractivity contribution in [2.75, 3.05) is 11.1 Å². The van der Waals surface area contributed by atoms with Gasteiger partial charge in [-0.3, -0.25) is 9.89 Å². The molecule has 1 amide bonds. The van der Waals surface area contributed by atoms with E-state index in [-0.39, 0.29) is 11.7 Å². The number of rotatable bonds is 7. The van der Waals surface area contributed by atoms with E-state index in [1.54, 1.807) is 0 Å². The van der Waals surface area contributed by atoms with Crippen LogP contribution in [-0.4, -0.2) is 26.8 Å². The van der Waals surface area contributed by atoms with Crippen LogP contribution in [-0.2, 0) is 11.2 Å². The van der Waals surface area contributed by atoms with Gasteiger partial charge in [0.2, 0.25) is 11.1 Å². The molecule has 5 nitrogen and oxygen atoms in total. The molecule has 1 aliphatic carbocycles. The van der Waals surface area contributed by atoms with Crippen molar-refractivity contribution >= 4 is 35.0 Å². The minimum Gasteiger partial charge on any atom is -0.324 e. The number of aromatic amines is 1. The van der Waals surface area contributed by atoms with Crippen LogP contribution < -0.4 is 5.32 Å². The highest BCUT2D eigenvalue weighted by atomic mass is 35.5. The molecule has 0 aliphatic heterocycles. The Morgan fingerprint density at radius 3 is 2.96 bits per heavy atom. The fourth-order valence-corrected chi connectivity index (χ4v) is 4.03. The molecule has 25 heavy (non-hydrogen) atoms. The molecule has 2 aromatic rings. The van der Waals surface area contributed by atoms with Crippen molar-refractivity contribution in [3.63, 3.8) is 0 Å². The van der Waals surface area contributed by atoms with Gasteiger partial charge in [0.1, 0.15) is 5.82 Å². The molecule has 1 saturated carbocycles. The van der Waals surface area contributed by atoms with Crippen LogP contribution >= 0.6 is 23.4 Å². The van der Waals surface area contributed by atoms with Gasteiger partial charge in [0.15, 0.2) is 0 Å². The summed E-state index contributed by atoms with van der Waals surface area (Å²) in [5.74, 6) is 1.89. The number of hydrogen-bond acceptors (Lipinski definition) is 4. The van der Waals surface area contributed by atoms with Crippen LogP contribution in [0.25, 0.3) is 0 Å². The zero-order chi connectivity index (χ0) is 17.6. The number of thioether (sulfide) groups is 1. The van der Waals surface area contributed by atoms with Gasteiger partial charge in [-0.2, -0.15) is 0 Å². The number of nitrogens with zero attached hydrogens (tertiary/aromatic N) is 2. The zero-order valence-corrected chi connectivity index (χ0v) is 15.9. The number of carbonyl (C=O) groups is 1.